The van der Waals surface area contributed by atoms with E-state index in [2.05, 4.69) is 0 Å². The number of ether oxygens (including phenoxy) is 3. The van der Waals surface area contributed by atoms with E-state index in [1.165, 1.54) is 0 Å². The van der Waals surface area contributed by atoms with Crippen molar-refractivity contribution >= 4 is 5.97 Å². The van der Waals surface area contributed by atoms with Gasteiger partial charge in [0.25, 0.3) is 0 Å². The Morgan fingerprint density at radius 1 is 1.09 bits per heavy atom. The van der Waals surface area contributed by atoms with Crippen molar-refractivity contribution in [3.05, 3.63) is 23.3 Å². The van der Waals surface area contributed by atoms with Crippen LogP contribution in [-0.2, 0) is 21.6 Å². The molecular formula is C17H24O5. The zero-order valence-corrected chi connectivity index (χ0v) is 13.5. The number of carbonyl (C=O) groups is 1. The van der Waals surface area contributed by atoms with Crippen molar-refractivity contribution in [2.24, 2.45) is 0 Å². The number of hydrogen-bond acceptors (Lipinski definition) is 4. The summed E-state index contributed by atoms with van der Waals surface area (Å²) in [6.07, 6.45) is 4.10. The second-order valence-corrected chi connectivity index (χ2v) is 5.70. The monoisotopic (exact) mass is 308 g/mol. The van der Waals surface area contributed by atoms with E-state index in [0.717, 1.165) is 24.8 Å². The standard InChI is InChI=1S/C17H24O5/c1-20-11-12-13(21-2)7-8-14(22-3)15(12)17(16(18)19)9-5-4-6-10-17/h7-8H,4-6,9-11H2,1-3H3,(H,18,19). The van der Waals surface area contributed by atoms with Crippen LogP contribution in [0.4, 0.5) is 0 Å². The van der Waals surface area contributed by atoms with Gasteiger partial charge in [-0.1, -0.05) is 19.3 Å². The average molecular weight is 308 g/mol. The first kappa shape index (κ1) is 16.6. The molecule has 5 nitrogen and oxygen atoms in total. The lowest BCUT2D eigenvalue weighted by molar-refractivity contribution is -0.145. The quantitative estimate of drug-likeness (QED) is 0.874. The van der Waals surface area contributed by atoms with Gasteiger partial charge in [-0.05, 0) is 25.0 Å². The Morgan fingerprint density at radius 2 is 1.68 bits per heavy atom. The Labute approximate surface area is 131 Å². The van der Waals surface area contributed by atoms with Gasteiger partial charge in [-0.2, -0.15) is 0 Å². The van der Waals surface area contributed by atoms with E-state index in [1.54, 1.807) is 33.5 Å². The molecule has 1 fully saturated rings. The predicted octanol–water partition coefficient (Wildman–Crippen LogP) is 3.14. The normalized spacial score (nSPS) is 17.0. The summed E-state index contributed by atoms with van der Waals surface area (Å²) in [5.41, 5.74) is 0.559. The van der Waals surface area contributed by atoms with Crippen molar-refractivity contribution in [1.29, 1.82) is 0 Å². The number of rotatable bonds is 6. The Balaban J connectivity index is 2.70. The molecule has 0 bridgehead atoms. The van der Waals surface area contributed by atoms with Crippen LogP contribution in [0.2, 0.25) is 0 Å². The summed E-state index contributed by atoms with van der Waals surface area (Å²) in [6, 6.07) is 3.59. The Morgan fingerprint density at radius 3 is 2.18 bits per heavy atom. The highest BCUT2D eigenvalue weighted by Crippen LogP contribution is 2.47. The maximum absolute atomic E-state index is 12.2. The summed E-state index contributed by atoms with van der Waals surface area (Å²) in [7, 11) is 4.75. The Bertz CT molecular complexity index is 532. The smallest absolute Gasteiger partial charge is 0.314 e. The maximum Gasteiger partial charge on any atom is 0.314 e. The minimum Gasteiger partial charge on any atom is -0.496 e. The summed E-state index contributed by atoms with van der Waals surface area (Å²) < 4.78 is 16.2. The second-order valence-electron chi connectivity index (χ2n) is 5.70. The molecule has 0 radical (unpaired) electrons. The minimum absolute atomic E-state index is 0.296. The summed E-state index contributed by atoms with van der Waals surface area (Å²) >= 11 is 0. The number of methoxy groups -OCH3 is 3. The molecule has 0 saturated heterocycles. The lowest BCUT2D eigenvalue weighted by Crippen LogP contribution is -2.39. The van der Waals surface area contributed by atoms with Gasteiger partial charge in [0.15, 0.2) is 0 Å². The molecular weight excluding hydrogens is 284 g/mol. The maximum atomic E-state index is 12.2. The third-order valence-corrected chi connectivity index (χ3v) is 4.56. The van der Waals surface area contributed by atoms with Crippen molar-refractivity contribution < 1.29 is 24.1 Å². The zero-order chi connectivity index (χ0) is 16.2. The molecule has 0 amide bonds. The van der Waals surface area contributed by atoms with Crippen LogP contribution in [-0.4, -0.2) is 32.4 Å². The molecule has 122 valence electrons. The fourth-order valence-electron chi connectivity index (χ4n) is 3.51. The van der Waals surface area contributed by atoms with Gasteiger partial charge >= 0.3 is 5.97 Å². The van der Waals surface area contributed by atoms with Crippen LogP contribution in [0.5, 0.6) is 11.5 Å². The summed E-state index contributed by atoms with van der Waals surface area (Å²) in [4.78, 5) is 12.2. The number of benzene rings is 1. The lowest BCUT2D eigenvalue weighted by atomic mass is 9.67. The SMILES string of the molecule is COCc1c(OC)ccc(OC)c1C1(C(=O)O)CCCCC1. The molecule has 22 heavy (non-hydrogen) atoms. The Hall–Kier alpha value is -1.75. The predicted molar refractivity (Wildman–Crippen MR) is 82.7 cm³/mol. The van der Waals surface area contributed by atoms with Gasteiger partial charge in [-0.25, -0.2) is 0 Å². The lowest BCUT2D eigenvalue weighted by Gasteiger charge is -2.36. The van der Waals surface area contributed by atoms with Crippen LogP contribution in [0.25, 0.3) is 0 Å². The van der Waals surface area contributed by atoms with Crippen molar-refractivity contribution in [3.8, 4) is 11.5 Å². The second kappa shape index (κ2) is 7.01. The molecule has 2 rings (SSSR count). The molecule has 1 saturated carbocycles. The van der Waals surface area contributed by atoms with E-state index in [-0.39, 0.29) is 0 Å². The van der Waals surface area contributed by atoms with E-state index in [4.69, 9.17) is 14.2 Å². The molecule has 5 heteroatoms. The highest BCUT2D eigenvalue weighted by molar-refractivity contribution is 5.84. The van der Waals surface area contributed by atoms with E-state index in [1.807, 2.05) is 0 Å². The fourth-order valence-corrected chi connectivity index (χ4v) is 3.51. The molecule has 0 atom stereocenters. The first-order chi connectivity index (χ1) is 10.6. The molecule has 1 aromatic carbocycles. The number of carboxylic acids is 1. The number of hydrogen-bond donors (Lipinski definition) is 1. The van der Waals surface area contributed by atoms with Gasteiger partial charge in [0.05, 0.1) is 26.2 Å². The van der Waals surface area contributed by atoms with Crippen LogP contribution >= 0.6 is 0 Å². The van der Waals surface area contributed by atoms with Crippen molar-refractivity contribution in [3.63, 3.8) is 0 Å². The highest BCUT2D eigenvalue weighted by Gasteiger charge is 2.45. The molecule has 1 N–H and O–H groups in total. The van der Waals surface area contributed by atoms with E-state index in [0.29, 0.717) is 36.5 Å². The molecule has 0 spiro atoms. The minimum atomic E-state index is -0.925. The van der Waals surface area contributed by atoms with Crippen LogP contribution in [0.3, 0.4) is 0 Å². The summed E-state index contributed by atoms with van der Waals surface area (Å²) in [6.45, 7) is 0.296. The van der Waals surface area contributed by atoms with Crippen molar-refractivity contribution in [2.75, 3.05) is 21.3 Å². The molecule has 0 aliphatic heterocycles. The first-order valence-electron chi connectivity index (χ1n) is 7.57. The molecule has 0 unspecified atom stereocenters. The average Bonchev–Trinajstić information content (AvgIpc) is 2.55. The third kappa shape index (κ3) is 2.77. The number of carboxylic acid groups (broad SMARTS) is 1. The topological polar surface area (TPSA) is 65.0 Å². The fraction of sp³-hybridized carbons (Fsp3) is 0.588. The first-order valence-corrected chi connectivity index (χ1v) is 7.57. The van der Waals surface area contributed by atoms with Crippen LogP contribution < -0.4 is 9.47 Å². The van der Waals surface area contributed by atoms with Gasteiger partial charge in [0, 0.05) is 18.2 Å². The van der Waals surface area contributed by atoms with Gasteiger partial charge in [0.1, 0.15) is 11.5 Å². The molecule has 1 aromatic rings. The highest BCUT2D eigenvalue weighted by atomic mass is 16.5. The molecule has 0 aromatic heterocycles. The van der Waals surface area contributed by atoms with Crippen molar-refractivity contribution in [1.82, 2.24) is 0 Å². The molecule has 1 aliphatic carbocycles. The molecule has 1 aliphatic rings. The third-order valence-electron chi connectivity index (χ3n) is 4.56. The van der Waals surface area contributed by atoms with Crippen LogP contribution in [0.15, 0.2) is 12.1 Å². The van der Waals surface area contributed by atoms with Gasteiger partial charge < -0.3 is 19.3 Å². The van der Waals surface area contributed by atoms with E-state index >= 15 is 0 Å². The largest absolute Gasteiger partial charge is 0.496 e. The molecule has 0 heterocycles. The van der Waals surface area contributed by atoms with E-state index in [9.17, 15) is 9.90 Å². The van der Waals surface area contributed by atoms with E-state index < -0.39 is 11.4 Å². The zero-order valence-electron chi connectivity index (χ0n) is 13.5. The van der Waals surface area contributed by atoms with Crippen LogP contribution in [0.1, 0.15) is 43.2 Å². The summed E-state index contributed by atoms with van der Waals surface area (Å²) in [5, 5.41) is 9.98. The van der Waals surface area contributed by atoms with Gasteiger partial charge in [0.2, 0.25) is 0 Å². The number of aliphatic carboxylic acids is 1. The van der Waals surface area contributed by atoms with Crippen LogP contribution in [0, 0.1) is 0 Å². The Kier molecular flexibility index (Phi) is 5.29. The van der Waals surface area contributed by atoms with Gasteiger partial charge in [-0.3, -0.25) is 4.79 Å². The van der Waals surface area contributed by atoms with Crippen molar-refractivity contribution in [2.45, 2.75) is 44.1 Å². The summed E-state index contributed by atoms with van der Waals surface area (Å²) in [5.74, 6) is 0.442. The van der Waals surface area contributed by atoms with Gasteiger partial charge in [-0.15, -0.1) is 0 Å².